The molecule has 0 N–H and O–H groups in total. The summed E-state index contributed by atoms with van der Waals surface area (Å²) in [5, 5.41) is 0.235. The van der Waals surface area contributed by atoms with Gasteiger partial charge in [0.05, 0.1) is 26.6 Å². The van der Waals surface area contributed by atoms with Crippen LogP contribution in [0, 0.1) is 0 Å². The first-order chi connectivity index (χ1) is 15.1. The Bertz CT molecular complexity index is 1280. The number of aromatic nitrogens is 1. The number of amides is 1. The van der Waals surface area contributed by atoms with Crippen molar-refractivity contribution in [2.24, 2.45) is 0 Å². The highest BCUT2D eigenvalue weighted by Crippen LogP contribution is 2.36. The topological polar surface area (TPSA) is 70.6 Å². The molecule has 2 heterocycles. The van der Waals surface area contributed by atoms with Crippen molar-refractivity contribution in [3.8, 4) is 0 Å². The predicted molar refractivity (Wildman–Crippen MR) is 113 cm³/mol. The highest BCUT2D eigenvalue weighted by Gasteiger charge is 2.36. The number of pyridine rings is 1. The fourth-order valence-electron chi connectivity index (χ4n) is 3.61. The minimum absolute atomic E-state index is 0.0454. The molecule has 32 heavy (non-hydrogen) atoms. The number of rotatable bonds is 3. The van der Waals surface area contributed by atoms with Crippen LogP contribution in [0.1, 0.15) is 15.9 Å². The third kappa shape index (κ3) is 4.17. The van der Waals surface area contributed by atoms with Crippen LogP contribution in [-0.2, 0) is 16.2 Å². The molecular formula is C21H17ClF3N3O3S. The zero-order valence-corrected chi connectivity index (χ0v) is 18.1. The molecule has 0 bridgehead atoms. The summed E-state index contributed by atoms with van der Waals surface area (Å²) in [5.41, 5.74) is -0.250. The number of carbonyl (C=O) groups is 1. The Labute approximate surface area is 187 Å². The number of carbonyl (C=O) groups excluding carboxylic acids is 1. The zero-order valence-electron chi connectivity index (χ0n) is 16.5. The van der Waals surface area contributed by atoms with E-state index in [1.165, 1.54) is 4.90 Å². The van der Waals surface area contributed by atoms with E-state index in [0.717, 1.165) is 21.8 Å². The maximum absolute atomic E-state index is 13.1. The molecule has 2 aromatic carbocycles. The molecule has 1 amide bonds. The molecule has 3 aromatic rings. The molecule has 168 valence electrons. The highest BCUT2D eigenvalue weighted by atomic mass is 35.5. The number of fused-ring (bicyclic) bond motifs is 1. The van der Waals surface area contributed by atoms with E-state index >= 15 is 0 Å². The van der Waals surface area contributed by atoms with E-state index in [0.29, 0.717) is 17.1 Å². The molecule has 0 unspecified atom stereocenters. The van der Waals surface area contributed by atoms with Gasteiger partial charge in [0.1, 0.15) is 0 Å². The molecule has 4 rings (SSSR count). The molecule has 0 spiro atoms. The van der Waals surface area contributed by atoms with Gasteiger partial charge in [0.25, 0.3) is 5.91 Å². The van der Waals surface area contributed by atoms with E-state index in [1.54, 1.807) is 24.4 Å². The third-order valence-electron chi connectivity index (χ3n) is 5.27. The Morgan fingerprint density at radius 1 is 1.00 bits per heavy atom. The molecule has 6 nitrogen and oxygen atoms in total. The van der Waals surface area contributed by atoms with Gasteiger partial charge in [-0.3, -0.25) is 9.78 Å². The van der Waals surface area contributed by atoms with E-state index in [-0.39, 0.29) is 32.1 Å². The Morgan fingerprint density at radius 2 is 1.69 bits per heavy atom. The zero-order chi connectivity index (χ0) is 23.1. The molecule has 1 aliphatic rings. The van der Waals surface area contributed by atoms with Crippen molar-refractivity contribution < 1.29 is 26.4 Å². The maximum Gasteiger partial charge on any atom is 0.417 e. The SMILES string of the molecule is O=C(c1cccc2cccnc12)N1CCN(S(=O)(=O)c2ccc(Cl)c(C(F)(F)F)c2)CC1. The molecule has 1 aromatic heterocycles. The van der Waals surface area contributed by atoms with Crippen LogP contribution in [0.2, 0.25) is 5.02 Å². The van der Waals surface area contributed by atoms with Crippen molar-refractivity contribution in [3.63, 3.8) is 0 Å². The van der Waals surface area contributed by atoms with E-state index in [9.17, 15) is 26.4 Å². The molecule has 1 aliphatic heterocycles. The summed E-state index contributed by atoms with van der Waals surface area (Å²) in [7, 11) is -4.19. The lowest BCUT2D eigenvalue weighted by Crippen LogP contribution is -2.50. The van der Waals surface area contributed by atoms with Crippen LogP contribution in [0.15, 0.2) is 59.6 Å². The second-order valence-corrected chi connectivity index (χ2v) is 9.56. The van der Waals surface area contributed by atoms with E-state index < -0.39 is 31.7 Å². The van der Waals surface area contributed by atoms with Crippen LogP contribution in [0.4, 0.5) is 13.2 Å². The summed E-state index contributed by atoms with van der Waals surface area (Å²) in [6, 6.07) is 11.4. The normalized spacial score (nSPS) is 15.8. The van der Waals surface area contributed by atoms with Gasteiger partial charge in [-0.1, -0.05) is 29.8 Å². The van der Waals surface area contributed by atoms with Crippen LogP contribution in [0.5, 0.6) is 0 Å². The van der Waals surface area contributed by atoms with E-state index in [4.69, 9.17) is 11.6 Å². The summed E-state index contributed by atoms with van der Waals surface area (Å²) >= 11 is 5.59. The molecule has 1 fully saturated rings. The highest BCUT2D eigenvalue weighted by molar-refractivity contribution is 7.89. The van der Waals surface area contributed by atoms with Gasteiger partial charge >= 0.3 is 6.18 Å². The smallest absolute Gasteiger partial charge is 0.336 e. The number of sulfonamides is 1. The minimum Gasteiger partial charge on any atom is -0.336 e. The van der Waals surface area contributed by atoms with Crippen LogP contribution in [-0.4, -0.2) is 54.7 Å². The Kier molecular flexibility index (Phi) is 5.87. The summed E-state index contributed by atoms with van der Waals surface area (Å²) in [5.74, 6) is -0.280. The van der Waals surface area contributed by atoms with Crippen molar-refractivity contribution in [1.29, 1.82) is 0 Å². The summed E-state index contributed by atoms with van der Waals surface area (Å²) in [4.78, 5) is 18.3. The second-order valence-electron chi connectivity index (χ2n) is 7.22. The van der Waals surface area contributed by atoms with Gasteiger partial charge < -0.3 is 4.90 Å². The first-order valence-electron chi connectivity index (χ1n) is 9.59. The predicted octanol–water partition coefficient (Wildman–Crippen LogP) is 4.05. The second kappa shape index (κ2) is 8.34. The maximum atomic E-state index is 13.1. The third-order valence-corrected chi connectivity index (χ3v) is 7.49. The number of benzene rings is 2. The summed E-state index contributed by atoms with van der Waals surface area (Å²) in [6.45, 7) is 0.106. The Hall–Kier alpha value is -2.69. The van der Waals surface area contributed by atoms with Crippen LogP contribution in [0.3, 0.4) is 0 Å². The first kappa shape index (κ1) is 22.5. The Balaban J connectivity index is 1.53. The number of nitrogens with zero attached hydrogens (tertiary/aromatic N) is 3. The van der Waals surface area contributed by atoms with Gasteiger partial charge in [0, 0.05) is 37.8 Å². The van der Waals surface area contributed by atoms with Gasteiger partial charge in [-0.25, -0.2) is 8.42 Å². The number of halogens is 4. The number of alkyl halides is 3. The molecule has 0 atom stereocenters. The average Bonchev–Trinajstić information content (AvgIpc) is 2.77. The van der Waals surface area contributed by atoms with Crippen LogP contribution >= 0.6 is 11.6 Å². The monoisotopic (exact) mass is 483 g/mol. The molecule has 0 saturated carbocycles. The molecule has 11 heteroatoms. The van der Waals surface area contributed by atoms with Crippen molar-refractivity contribution in [1.82, 2.24) is 14.2 Å². The fourth-order valence-corrected chi connectivity index (χ4v) is 5.28. The van der Waals surface area contributed by atoms with E-state index in [1.807, 2.05) is 12.1 Å². The largest absolute Gasteiger partial charge is 0.417 e. The summed E-state index contributed by atoms with van der Waals surface area (Å²) in [6.07, 6.45) is -3.19. The number of hydrogen-bond donors (Lipinski definition) is 0. The van der Waals surface area contributed by atoms with Crippen molar-refractivity contribution in [2.75, 3.05) is 26.2 Å². The fraction of sp³-hybridized carbons (Fsp3) is 0.238. The van der Waals surface area contributed by atoms with Crippen LogP contribution in [0.25, 0.3) is 10.9 Å². The first-order valence-corrected chi connectivity index (χ1v) is 11.4. The van der Waals surface area contributed by atoms with E-state index in [2.05, 4.69) is 4.98 Å². The van der Waals surface area contributed by atoms with Crippen molar-refractivity contribution in [2.45, 2.75) is 11.1 Å². The van der Waals surface area contributed by atoms with Gasteiger partial charge in [-0.2, -0.15) is 17.5 Å². The van der Waals surface area contributed by atoms with Gasteiger partial charge in [-0.15, -0.1) is 0 Å². The minimum atomic E-state index is -4.78. The van der Waals surface area contributed by atoms with Crippen molar-refractivity contribution >= 4 is 38.4 Å². The van der Waals surface area contributed by atoms with Gasteiger partial charge in [0.2, 0.25) is 10.0 Å². The lowest BCUT2D eigenvalue weighted by Gasteiger charge is -2.34. The standard InChI is InChI=1S/C21H17ClF3N3O3S/c22-18-7-6-15(13-17(18)21(23,24)25)32(30,31)28-11-9-27(10-12-28)20(29)16-5-1-3-14-4-2-8-26-19(14)16/h1-8,13H,9-12H2. The lowest BCUT2D eigenvalue weighted by atomic mass is 10.1. The van der Waals surface area contributed by atoms with Gasteiger partial charge in [-0.05, 0) is 30.3 Å². The molecule has 1 saturated heterocycles. The Morgan fingerprint density at radius 3 is 2.38 bits per heavy atom. The molecule has 0 aliphatic carbocycles. The van der Waals surface area contributed by atoms with Crippen molar-refractivity contribution in [3.05, 3.63) is 70.9 Å². The number of para-hydroxylation sites is 1. The average molecular weight is 484 g/mol. The molecular weight excluding hydrogens is 467 g/mol. The molecule has 0 radical (unpaired) electrons. The van der Waals surface area contributed by atoms with Gasteiger partial charge in [0.15, 0.2) is 0 Å². The summed E-state index contributed by atoms with van der Waals surface area (Å²) < 4.78 is 66.3. The number of piperazine rings is 1. The number of hydrogen-bond acceptors (Lipinski definition) is 4. The van der Waals surface area contributed by atoms with Crippen LogP contribution < -0.4 is 0 Å². The lowest BCUT2D eigenvalue weighted by molar-refractivity contribution is -0.137. The quantitative estimate of drug-likeness (QED) is 0.563.